The molecular formula is C18H22N4O5S. The lowest BCUT2D eigenvalue weighted by molar-refractivity contribution is -0.120. The van der Waals surface area contributed by atoms with Gasteiger partial charge < -0.3 is 19.4 Å². The Morgan fingerprint density at radius 2 is 2.04 bits per heavy atom. The molecule has 1 saturated heterocycles. The minimum Gasteiger partial charge on any atom is -0.486 e. The average Bonchev–Trinajstić information content (AvgIpc) is 3.15. The van der Waals surface area contributed by atoms with E-state index in [1.807, 2.05) is 0 Å². The summed E-state index contributed by atoms with van der Waals surface area (Å²) in [7, 11) is -1.99. The van der Waals surface area contributed by atoms with E-state index in [0.29, 0.717) is 49.8 Å². The molecule has 4 rings (SSSR count). The zero-order valence-corrected chi connectivity index (χ0v) is 16.3. The number of amides is 1. The van der Waals surface area contributed by atoms with E-state index in [9.17, 15) is 13.2 Å². The number of sulfonamides is 1. The van der Waals surface area contributed by atoms with E-state index in [1.54, 1.807) is 29.8 Å². The summed E-state index contributed by atoms with van der Waals surface area (Å²) in [5.41, 5.74) is 0.596. The number of aryl methyl sites for hydroxylation is 1. The fraction of sp³-hybridized carbons (Fsp3) is 0.444. The van der Waals surface area contributed by atoms with E-state index < -0.39 is 15.9 Å². The summed E-state index contributed by atoms with van der Waals surface area (Å²) in [5.74, 6) is 0.597. The van der Waals surface area contributed by atoms with Crippen molar-refractivity contribution in [2.75, 3.05) is 31.6 Å². The van der Waals surface area contributed by atoms with Gasteiger partial charge >= 0.3 is 0 Å². The highest BCUT2D eigenvalue weighted by molar-refractivity contribution is 7.89. The number of hydrogen-bond acceptors (Lipinski definition) is 6. The second-order valence-corrected chi connectivity index (χ2v) is 8.81. The highest BCUT2D eigenvalue weighted by Crippen LogP contribution is 2.33. The predicted molar refractivity (Wildman–Crippen MR) is 101 cm³/mol. The molecule has 0 aliphatic carbocycles. The summed E-state index contributed by atoms with van der Waals surface area (Å²) in [4.78, 5) is 16.7. The number of imidazole rings is 1. The first-order valence-corrected chi connectivity index (χ1v) is 10.6. The molecule has 10 heteroatoms. The summed E-state index contributed by atoms with van der Waals surface area (Å²) in [6.45, 7) is 1.48. The van der Waals surface area contributed by atoms with Crippen molar-refractivity contribution in [2.24, 2.45) is 13.0 Å². The lowest BCUT2D eigenvalue weighted by atomic mass is 9.98. The second-order valence-electron chi connectivity index (χ2n) is 6.93. The fourth-order valence-corrected chi connectivity index (χ4v) is 4.88. The third kappa shape index (κ3) is 3.69. The van der Waals surface area contributed by atoms with Crippen LogP contribution < -0.4 is 14.8 Å². The number of hydrogen-bond donors (Lipinski definition) is 1. The van der Waals surface area contributed by atoms with Gasteiger partial charge in [-0.05, 0) is 25.0 Å². The molecule has 1 aromatic heterocycles. The molecule has 0 unspecified atom stereocenters. The molecule has 0 bridgehead atoms. The van der Waals surface area contributed by atoms with Crippen LogP contribution in [0.25, 0.3) is 0 Å². The zero-order valence-electron chi connectivity index (χ0n) is 15.5. The van der Waals surface area contributed by atoms with Crippen LogP contribution in [0, 0.1) is 5.92 Å². The smallest absolute Gasteiger partial charge is 0.262 e. The van der Waals surface area contributed by atoms with Crippen molar-refractivity contribution in [3.8, 4) is 11.5 Å². The van der Waals surface area contributed by atoms with Gasteiger partial charge in [-0.2, -0.15) is 4.31 Å². The Balaban J connectivity index is 1.45. The predicted octanol–water partition coefficient (Wildman–Crippen LogP) is 1.23. The third-order valence-corrected chi connectivity index (χ3v) is 6.60. The Kier molecular flexibility index (Phi) is 4.98. The van der Waals surface area contributed by atoms with E-state index in [-0.39, 0.29) is 17.5 Å². The Hall–Kier alpha value is -2.59. The first kappa shape index (κ1) is 18.8. The largest absolute Gasteiger partial charge is 0.486 e. The van der Waals surface area contributed by atoms with Crippen molar-refractivity contribution in [2.45, 2.75) is 17.9 Å². The normalized spacial score (nSPS) is 20.0. The van der Waals surface area contributed by atoms with Gasteiger partial charge in [0.2, 0.25) is 5.91 Å². The number of rotatable bonds is 4. The van der Waals surface area contributed by atoms with Crippen molar-refractivity contribution < 1.29 is 22.7 Å². The maximum Gasteiger partial charge on any atom is 0.262 e. The second kappa shape index (κ2) is 7.44. The van der Waals surface area contributed by atoms with Crippen LogP contribution in [-0.4, -0.2) is 54.5 Å². The molecule has 1 atom stereocenters. The van der Waals surface area contributed by atoms with Gasteiger partial charge in [0.1, 0.15) is 13.2 Å². The number of fused-ring (bicyclic) bond motifs is 1. The number of carbonyl (C=O) groups is 1. The van der Waals surface area contributed by atoms with Crippen LogP contribution >= 0.6 is 0 Å². The number of nitrogens with zero attached hydrogens (tertiary/aromatic N) is 3. The van der Waals surface area contributed by atoms with E-state index in [2.05, 4.69) is 10.3 Å². The van der Waals surface area contributed by atoms with Crippen molar-refractivity contribution in [3.63, 3.8) is 0 Å². The zero-order chi connectivity index (χ0) is 19.7. The maximum absolute atomic E-state index is 12.8. The lowest BCUT2D eigenvalue weighted by Crippen LogP contribution is -2.43. The van der Waals surface area contributed by atoms with Gasteiger partial charge in [0, 0.05) is 38.1 Å². The van der Waals surface area contributed by atoms with Crippen LogP contribution in [0.5, 0.6) is 11.5 Å². The van der Waals surface area contributed by atoms with Gasteiger partial charge in [-0.1, -0.05) is 0 Å². The third-order valence-electron chi connectivity index (χ3n) is 4.85. The standard InChI is InChI=1S/C18H22N4O5S/c1-21-11-17(19-12-21)28(24,25)22-6-2-3-13(10-22)18(23)20-14-4-5-15-16(9-14)27-8-7-26-15/h4-5,9,11-13H,2-3,6-8,10H2,1H3,(H,20,23)/t13-/m1/s1. The quantitative estimate of drug-likeness (QED) is 0.819. The molecule has 0 saturated carbocycles. The molecule has 2 aromatic rings. The first-order valence-electron chi connectivity index (χ1n) is 9.12. The Morgan fingerprint density at radius 1 is 1.25 bits per heavy atom. The number of aromatic nitrogens is 2. The molecule has 28 heavy (non-hydrogen) atoms. The molecule has 0 radical (unpaired) electrons. The molecular weight excluding hydrogens is 384 g/mol. The molecule has 2 aliphatic heterocycles. The highest BCUT2D eigenvalue weighted by atomic mass is 32.2. The van der Waals surface area contributed by atoms with Crippen LogP contribution in [0.15, 0.2) is 35.7 Å². The number of benzene rings is 1. The summed E-state index contributed by atoms with van der Waals surface area (Å²) < 4.78 is 39.5. The van der Waals surface area contributed by atoms with Gasteiger partial charge in [-0.3, -0.25) is 4.79 Å². The molecule has 0 spiro atoms. The number of ether oxygens (including phenoxy) is 2. The molecule has 2 aliphatic rings. The van der Waals surface area contributed by atoms with E-state index >= 15 is 0 Å². The van der Waals surface area contributed by atoms with Gasteiger partial charge in [0.25, 0.3) is 10.0 Å². The van der Waals surface area contributed by atoms with Crippen LogP contribution in [0.2, 0.25) is 0 Å². The number of anilines is 1. The molecule has 150 valence electrons. The van der Waals surface area contributed by atoms with Gasteiger partial charge in [-0.15, -0.1) is 0 Å². The number of carbonyl (C=O) groups excluding carboxylic acids is 1. The molecule has 9 nitrogen and oxygen atoms in total. The monoisotopic (exact) mass is 406 g/mol. The summed E-state index contributed by atoms with van der Waals surface area (Å²) in [6, 6.07) is 5.22. The SMILES string of the molecule is Cn1cnc(S(=O)(=O)N2CCC[C@@H](C(=O)Nc3ccc4c(c3)OCCO4)C2)c1. The summed E-state index contributed by atoms with van der Waals surface area (Å²) in [5, 5.41) is 2.86. The van der Waals surface area contributed by atoms with Crippen LogP contribution in [0.1, 0.15) is 12.8 Å². The maximum atomic E-state index is 12.8. The summed E-state index contributed by atoms with van der Waals surface area (Å²) in [6.07, 6.45) is 4.16. The lowest BCUT2D eigenvalue weighted by Gasteiger charge is -2.30. The minimum absolute atomic E-state index is 0.00268. The highest BCUT2D eigenvalue weighted by Gasteiger charge is 2.34. The molecule has 1 aromatic carbocycles. The minimum atomic E-state index is -3.71. The molecule has 1 N–H and O–H groups in total. The topological polar surface area (TPSA) is 103 Å². The van der Waals surface area contributed by atoms with Gasteiger partial charge in [-0.25, -0.2) is 13.4 Å². The van der Waals surface area contributed by atoms with Gasteiger partial charge in [0.15, 0.2) is 16.5 Å². The Morgan fingerprint density at radius 3 is 2.79 bits per heavy atom. The van der Waals surface area contributed by atoms with Crippen LogP contribution in [-0.2, 0) is 21.9 Å². The van der Waals surface area contributed by atoms with E-state index in [0.717, 1.165) is 0 Å². The average molecular weight is 406 g/mol. The Labute approximate surface area is 163 Å². The van der Waals surface area contributed by atoms with Crippen molar-refractivity contribution in [3.05, 3.63) is 30.7 Å². The Bertz CT molecular complexity index is 988. The van der Waals surface area contributed by atoms with Crippen molar-refractivity contribution in [1.82, 2.24) is 13.9 Å². The fourth-order valence-electron chi connectivity index (χ4n) is 3.39. The molecule has 1 fully saturated rings. The molecule has 3 heterocycles. The number of nitrogens with one attached hydrogen (secondary N) is 1. The van der Waals surface area contributed by atoms with E-state index in [1.165, 1.54) is 16.8 Å². The van der Waals surface area contributed by atoms with Crippen LogP contribution in [0.3, 0.4) is 0 Å². The summed E-state index contributed by atoms with van der Waals surface area (Å²) >= 11 is 0. The van der Waals surface area contributed by atoms with Crippen molar-refractivity contribution in [1.29, 1.82) is 0 Å². The van der Waals surface area contributed by atoms with Crippen molar-refractivity contribution >= 4 is 21.6 Å². The first-order chi connectivity index (χ1) is 13.4. The number of piperidine rings is 1. The van der Waals surface area contributed by atoms with E-state index in [4.69, 9.17) is 9.47 Å². The van der Waals surface area contributed by atoms with Gasteiger partial charge in [0.05, 0.1) is 12.2 Å². The molecule has 1 amide bonds. The van der Waals surface area contributed by atoms with Crippen LogP contribution in [0.4, 0.5) is 5.69 Å².